The number of ketones is 2. The Bertz CT molecular complexity index is 589. The molecule has 0 saturated heterocycles. The van der Waals surface area contributed by atoms with E-state index in [1.54, 1.807) is 0 Å². The van der Waals surface area contributed by atoms with Gasteiger partial charge in [0.05, 0.1) is 0 Å². The minimum Gasteiger partial charge on any atom is -0.385 e. The predicted molar refractivity (Wildman–Crippen MR) is 83.0 cm³/mol. The lowest BCUT2D eigenvalue weighted by Gasteiger charge is -2.58. The molecule has 0 amide bonds. The summed E-state index contributed by atoms with van der Waals surface area (Å²) in [6.07, 6.45) is 7.86. The van der Waals surface area contributed by atoms with Crippen LogP contribution in [-0.2, 0) is 9.59 Å². The van der Waals surface area contributed by atoms with Gasteiger partial charge in [0.2, 0.25) is 0 Å². The highest BCUT2D eigenvalue weighted by molar-refractivity contribution is 5.90. The van der Waals surface area contributed by atoms with Gasteiger partial charge >= 0.3 is 0 Å². The Hall–Kier alpha value is -0.960. The number of allylic oxidation sites excluding steroid dienone is 2. The normalized spacial score (nSPS) is 52.4. The van der Waals surface area contributed by atoms with Gasteiger partial charge in [0.25, 0.3) is 0 Å². The summed E-state index contributed by atoms with van der Waals surface area (Å²) in [5, 5.41) is 10.3. The van der Waals surface area contributed by atoms with Crippen LogP contribution in [0.5, 0.6) is 0 Å². The smallest absolute Gasteiger partial charge is 0.167 e. The largest absolute Gasteiger partial charge is 0.385 e. The molecule has 3 saturated carbocycles. The standard InChI is InChI=1S/C19H26O3/c1-17(2)12-4-5-19-7-6-18(3,10-19)15(21)9-13(19)11(12)8-14(20)16(17)22/h6-7,11-14,20H,4-5,8-10H2,1-3H3. The maximum absolute atomic E-state index is 12.6. The molecule has 3 nitrogen and oxygen atoms in total. The van der Waals surface area contributed by atoms with E-state index in [1.165, 1.54) is 0 Å². The Labute approximate surface area is 132 Å². The average Bonchev–Trinajstić information content (AvgIpc) is 2.74. The Kier molecular flexibility index (Phi) is 2.73. The second-order valence-electron chi connectivity index (χ2n) is 9.04. The first-order valence-electron chi connectivity index (χ1n) is 8.66. The van der Waals surface area contributed by atoms with Crippen LogP contribution in [0.1, 0.15) is 52.9 Å². The number of fused-ring (bicyclic) bond motifs is 3. The van der Waals surface area contributed by atoms with Crippen LogP contribution in [0.15, 0.2) is 12.2 Å². The molecule has 1 N–H and O–H groups in total. The van der Waals surface area contributed by atoms with E-state index in [0.29, 0.717) is 36.4 Å². The minimum atomic E-state index is -0.847. The molecule has 0 aromatic rings. The van der Waals surface area contributed by atoms with Gasteiger partial charge in [-0.2, -0.15) is 0 Å². The van der Waals surface area contributed by atoms with Crippen molar-refractivity contribution in [1.82, 2.24) is 0 Å². The third kappa shape index (κ3) is 1.61. The highest BCUT2D eigenvalue weighted by Gasteiger charge is 2.62. The fourth-order valence-electron chi connectivity index (χ4n) is 6.29. The van der Waals surface area contributed by atoms with Crippen LogP contribution in [0.2, 0.25) is 0 Å². The summed E-state index contributed by atoms with van der Waals surface area (Å²) in [6.45, 7) is 6.06. The fraction of sp³-hybridized carbons (Fsp3) is 0.789. The molecule has 4 rings (SSSR count). The molecule has 0 aromatic carbocycles. The van der Waals surface area contributed by atoms with E-state index in [2.05, 4.69) is 19.1 Å². The van der Waals surface area contributed by atoms with Gasteiger partial charge in [-0.05, 0) is 55.8 Å². The van der Waals surface area contributed by atoms with Crippen LogP contribution in [0.4, 0.5) is 0 Å². The zero-order chi connectivity index (χ0) is 15.9. The third-order valence-corrected chi connectivity index (χ3v) is 7.57. The van der Waals surface area contributed by atoms with E-state index >= 15 is 0 Å². The first kappa shape index (κ1) is 14.6. The molecule has 6 atom stereocenters. The highest BCUT2D eigenvalue weighted by Crippen LogP contribution is 2.66. The van der Waals surface area contributed by atoms with Crippen molar-refractivity contribution in [2.24, 2.45) is 34.0 Å². The summed E-state index contributed by atoms with van der Waals surface area (Å²) in [6, 6.07) is 0. The molecule has 0 aliphatic heterocycles. The van der Waals surface area contributed by atoms with Gasteiger partial charge in [0.15, 0.2) is 5.78 Å². The van der Waals surface area contributed by atoms with Crippen molar-refractivity contribution >= 4 is 11.6 Å². The van der Waals surface area contributed by atoms with Crippen molar-refractivity contribution in [2.75, 3.05) is 0 Å². The van der Waals surface area contributed by atoms with Crippen LogP contribution in [0.25, 0.3) is 0 Å². The molecule has 3 fully saturated rings. The molecule has 0 radical (unpaired) electrons. The average molecular weight is 302 g/mol. The quantitative estimate of drug-likeness (QED) is 0.700. The van der Waals surface area contributed by atoms with Gasteiger partial charge in [-0.3, -0.25) is 9.59 Å². The summed E-state index contributed by atoms with van der Waals surface area (Å²) < 4.78 is 0. The molecule has 1 spiro atoms. The second-order valence-corrected chi connectivity index (χ2v) is 9.04. The highest BCUT2D eigenvalue weighted by atomic mass is 16.3. The Balaban J connectivity index is 1.74. The number of rotatable bonds is 0. The van der Waals surface area contributed by atoms with Gasteiger partial charge in [0, 0.05) is 17.3 Å². The molecule has 4 aliphatic carbocycles. The topological polar surface area (TPSA) is 54.4 Å². The SMILES string of the molecule is CC12C=CC3(CCC4C(CC(O)C(=O)C4(C)C)C3CC1=O)C2. The van der Waals surface area contributed by atoms with E-state index in [0.717, 1.165) is 19.3 Å². The Morgan fingerprint density at radius 3 is 2.59 bits per heavy atom. The van der Waals surface area contributed by atoms with E-state index in [9.17, 15) is 14.7 Å². The summed E-state index contributed by atoms with van der Waals surface area (Å²) in [5.41, 5.74) is -0.585. The van der Waals surface area contributed by atoms with Crippen molar-refractivity contribution in [2.45, 2.75) is 59.0 Å². The maximum Gasteiger partial charge on any atom is 0.167 e. The molecule has 0 heterocycles. The van der Waals surface area contributed by atoms with E-state index in [4.69, 9.17) is 0 Å². The molecule has 22 heavy (non-hydrogen) atoms. The molecular weight excluding hydrogens is 276 g/mol. The van der Waals surface area contributed by atoms with Gasteiger partial charge in [-0.1, -0.05) is 26.0 Å². The van der Waals surface area contributed by atoms with Crippen molar-refractivity contribution in [3.05, 3.63) is 12.2 Å². The van der Waals surface area contributed by atoms with Crippen LogP contribution in [0.3, 0.4) is 0 Å². The van der Waals surface area contributed by atoms with Gasteiger partial charge in [-0.15, -0.1) is 0 Å². The molecule has 2 bridgehead atoms. The van der Waals surface area contributed by atoms with Crippen molar-refractivity contribution < 1.29 is 14.7 Å². The van der Waals surface area contributed by atoms with Crippen LogP contribution < -0.4 is 0 Å². The first-order valence-corrected chi connectivity index (χ1v) is 8.66. The zero-order valence-electron chi connectivity index (χ0n) is 13.8. The number of carbonyl (C=O) groups excluding carboxylic acids is 2. The third-order valence-electron chi connectivity index (χ3n) is 7.57. The van der Waals surface area contributed by atoms with Crippen LogP contribution >= 0.6 is 0 Å². The number of aliphatic hydroxyl groups is 1. The van der Waals surface area contributed by atoms with Gasteiger partial charge in [0.1, 0.15) is 11.9 Å². The van der Waals surface area contributed by atoms with E-state index < -0.39 is 11.5 Å². The summed E-state index contributed by atoms with van der Waals surface area (Å²) in [4.78, 5) is 25.0. The number of hydrogen-bond acceptors (Lipinski definition) is 3. The molecule has 0 aromatic heterocycles. The van der Waals surface area contributed by atoms with Gasteiger partial charge < -0.3 is 5.11 Å². The lowest BCUT2D eigenvalue weighted by atomic mass is 9.45. The van der Waals surface area contributed by atoms with Crippen molar-refractivity contribution in [1.29, 1.82) is 0 Å². The molecule has 6 unspecified atom stereocenters. The minimum absolute atomic E-state index is 0.00126. The lowest BCUT2D eigenvalue weighted by Crippen LogP contribution is -2.57. The number of Topliss-reactive ketones (excluding diaryl/α,β-unsaturated/α-hetero) is 2. The van der Waals surface area contributed by atoms with Crippen LogP contribution in [-0.4, -0.2) is 22.8 Å². The number of hydrogen-bond donors (Lipinski definition) is 1. The number of carbonyl (C=O) groups is 2. The Morgan fingerprint density at radius 2 is 1.86 bits per heavy atom. The Morgan fingerprint density at radius 1 is 1.14 bits per heavy atom. The summed E-state index contributed by atoms with van der Waals surface area (Å²) >= 11 is 0. The predicted octanol–water partition coefficient (Wildman–Crippen LogP) is 2.91. The monoisotopic (exact) mass is 302 g/mol. The molecule has 3 heteroatoms. The maximum atomic E-state index is 12.6. The van der Waals surface area contributed by atoms with E-state index in [-0.39, 0.29) is 16.6 Å². The molecular formula is C19H26O3. The van der Waals surface area contributed by atoms with Crippen molar-refractivity contribution in [3.63, 3.8) is 0 Å². The van der Waals surface area contributed by atoms with Gasteiger partial charge in [-0.25, -0.2) is 0 Å². The fourth-order valence-corrected chi connectivity index (χ4v) is 6.29. The lowest BCUT2D eigenvalue weighted by molar-refractivity contribution is -0.161. The summed E-state index contributed by atoms with van der Waals surface area (Å²) in [5.74, 6) is 1.27. The van der Waals surface area contributed by atoms with Crippen molar-refractivity contribution in [3.8, 4) is 0 Å². The first-order chi connectivity index (χ1) is 10.2. The second kappa shape index (κ2) is 4.11. The van der Waals surface area contributed by atoms with E-state index in [1.807, 2.05) is 13.8 Å². The molecule has 120 valence electrons. The molecule has 4 aliphatic rings. The summed E-state index contributed by atoms with van der Waals surface area (Å²) in [7, 11) is 0. The number of aliphatic hydroxyl groups excluding tert-OH is 1. The van der Waals surface area contributed by atoms with Crippen LogP contribution in [0, 0.1) is 34.0 Å². The zero-order valence-corrected chi connectivity index (χ0v) is 13.8.